The van der Waals surface area contributed by atoms with Gasteiger partial charge >= 0.3 is 5.76 Å². The molecule has 1 aromatic carbocycles. The van der Waals surface area contributed by atoms with Gasteiger partial charge in [-0.1, -0.05) is 52.7 Å². The molecular formula is C29H43N5O5. The van der Waals surface area contributed by atoms with E-state index in [0.29, 0.717) is 31.4 Å². The van der Waals surface area contributed by atoms with Gasteiger partial charge in [0.15, 0.2) is 0 Å². The highest BCUT2D eigenvalue weighted by atomic mass is 16.4. The van der Waals surface area contributed by atoms with Crippen molar-refractivity contribution in [3.05, 3.63) is 51.8 Å². The normalized spacial score (nSPS) is 18.4. The van der Waals surface area contributed by atoms with Crippen LogP contribution in [0.3, 0.4) is 0 Å². The molecule has 1 unspecified atom stereocenters. The Morgan fingerprint density at radius 1 is 1.10 bits per heavy atom. The van der Waals surface area contributed by atoms with Crippen molar-refractivity contribution in [2.45, 2.75) is 85.0 Å². The summed E-state index contributed by atoms with van der Waals surface area (Å²) in [4.78, 5) is 54.2. The largest absolute Gasteiger partial charge is 0.437 e. The van der Waals surface area contributed by atoms with Crippen molar-refractivity contribution in [2.24, 2.45) is 17.8 Å². The SMILES string of the molecule is CC(C)CC(NC(=O)[C@@H]1CCCC[C@@H]1NC(=O)c1cccc(CN(C)C)c1)C(=O)c1nn(CC(C)C)c(=O)o1. The average molecular weight is 542 g/mol. The van der Waals surface area contributed by atoms with Crippen molar-refractivity contribution in [3.8, 4) is 0 Å². The van der Waals surface area contributed by atoms with Gasteiger partial charge in [-0.15, -0.1) is 5.10 Å². The molecule has 1 fully saturated rings. The Morgan fingerprint density at radius 3 is 2.49 bits per heavy atom. The van der Waals surface area contributed by atoms with Crippen molar-refractivity contribution in [1.82, 2.24) is 25.3 Å². The highest BCUT2D eigenvalue weighted by Crippen LogP contribution is 2.26. The van der Waals surface area contributed by atoms with Crippen molar-refractivity contribution < 1.29 is 18.8 Å². The Hall–Kier alpha value is -3.27. The summed E-state index contributed by atoms with van der Waals surface area (Å²) >= 11 is 0. The number of rotatable bonds is 12. The summed E-state index contributed by atoms with van der Waals surface area (Å²) in [6, 6.07) is 6.26. The van der Waals surface area contributed by atoms with E-state index < -0.39 is 23.5 Å². The van der Waals surface area contributed by atoms with Gasteiger partial charge in [0.25, 0.3) is 11.8 Å². The van der Waals surface area contributed by atoms with Gasteiger partial charge in [0.2, 0.25) is 11.7 Å². The van der Waals surface area contributed by atoms with Gasteiger partial charge in [-0.05, 0) is 62.9 Å². The summed E-state index contributed by atoms with van der Waals surface area (Å²) < 4.78 is 6.30. The molecule has 0 radical (unpaired) electrons. The summed E-state index contributed by atoms with van der Waals surface area (Å²) in [6.07, 6.45) is 3.42. The maximum absolute atomic E-state index is 13.5. The molecule has 3 atom stereocenters. The van der Waals surface area contributed by atoms with Crippen LogP contribution in [-0.4, -0.2) is 58.5 Å². The Labute approximate surface area is 230 Å². The van der Waals surface area contributed by atoms with E-state index in [1.54, 1.807) is 6.07 Å². The molecular weight excluding hydrogens is 498 g/mol. The van der Waals surface area contributed by atoms with Crippen LogP contribution in [0.15, 0.2) is 33.5 Å². The fourth-order valence-corrected chi connectivity index (χ4v) is 5.04. The molecule has 10 nitrogen and oxygen atoms in total. The van der Waals surface area contributed by atoms with Crippen molar-refractivity contribution in [2.75, 3.05) is 14.1 Å². The number of hydrogen-bond acceptors (Lipinski definition) is 7. The molecule has 0 aliphatic heterocycles. The number of carbonyl (C=O) groups excluding carboxylic acids is 3. The number of nitrogens with zero attached hydrogens (tertiary/aromatic N) is 3. The second-order valence-corrected chi connectivity index (χ2v) is 11.7. The number of amides is 2. The zero-order valence-corrected chi connectivity index (χ0v) is 24.0. The van der Waals surface area contributed by atoms with Gasteiger partial charge in [-0.3, -0.25) is 14.4 Å². The zero-order chi connectivity index (χ0) is 28.7. The van der Waals surface area contributed by atoms with E-state index >= 15 is 0 Å². The molecule has 2 aromatic rings. The van der Waals surface area contributed by atoms with Crippen LogP contribution in [0.5, 0.6) is 0 Å². The van der Waals surface area contributed by atoms with Gasteiger partial charge in [-0.25, -0.2) is 4.79 Å². The minimum absolute atomic E-state index is 0.0972. The fraction of sp³-hybridized carbons (Fsp3) is 0.621. The lowest BCUT2D eigenvalue weighted by Gasteiger charge is -2.32. The van der Waals surface area contributed by atoms with Crippen molar-refractivity contribution in [1.29, 1.82) is 0 Å². The van der Waals surface area contributed by atoms with E-state index in [1.807, 2.05) is 64.9 Å². The summed E-state index contributed by atoms with van der Waals surface area (Å²) in [5.41, 5.74) is 1.59. The number of hydrogen-bond donors (Lipinski definition) is 2. The first-order chi connectivity index (χ1) is 18.4. The molecule has 10 heteroatoms. The van der Waals surface area contributed by atoms with E-state index in [-0.39, 0.29) is 35.6 Å². The predicted octanol–water partition coefficient (Wildman–Crippen LogP) is 3.26. The van der Waals surface area contributed by atoms with Crippen LogP contribution in [0, 0.1) is 17.8 Å². The smallest absolute Gasteiger partial charge is 0.384 e. The van der Waals surface area contributed by atoms with Crippen LogP contribution in [0.25, 0.3) is 0 Å². The maximum Gasteiger partial charge on any atom is 0.437 e. The lowest BCUT2D eigenvalue weighted by Crippen LogP contribution is -2.52. The highest BCUT2D eigenvalue weighted by molar-refractivity contribution is 5.99. The second kappa shape index (κ2) is 13.7. The highest BCUT2D eigenvalue weighted by Gasteiger charge is 2.36. The number of ketones is 1. The Bertz CT molecular complexity index is 1200. The molecule has 1 heterocycles. The first kappa shape index (κ1) is 30.3. The van der Waals surface area contributed by atoms with Crippen LogP contribution in [0.1, 0.15) is 86.4 Å². The van der Waals surface area contributed by atoms with Gasteiger partial charge in [-0.2, -0.15) is 4.68 Å². The topological polar surface area (TPSA) is 127 Å². The molecule has 214 valence electrons. The average Bonchev–Trinajstić information content (AvgIpc) is 3.22. The first-order valence-electron chi connectivity index (χ1n) is 13.9. The number of carbonyl (C=O) groups is 3. The lowest BCUT2D eigenvalue weighted by atomic mass is 9.83. The summed E-state index contributed by atoms with van der Waals surface area (Å²) in [7, 11) is 3.94. The molecule has 0 bridgehead atoms. The third kappa shape index (κ3) is 8.61. The second-order valence-electron chi connectivity index (χ2n) is 11.7. The summed E-state index contributed by atoms with van der Waals surface area (Å²) in [6.45, 7) is 8.83. The third-order valence-corrected chi connectivity index (χ3v) is 6.80. The maximum atomic E-state index is 13.5. The van der Waals surface area contributed by atoms with E-state index in [9.17, 15) is 19.2 Å². The predicted molar refractivity (Wildman–Crippen MR) is 148 cm³/mol. The molecule has 1 aliphatic rings. The summed E-state index contributed by atoms with van der Waals surface area (Å²) in [5.74, 6) is -2.23. The van der Waals surface area contributed by atoms with Crippen LogP contribution < -0.4 is 16.4 Å². The molecule has 2 N–H and O–H groups in total. The number of nitrogens with one attached hydrogen (secondary N) is 2. The monoisotopic (exact) mass is 541 g/mol. The number of Topliss-reactive ketones (excluding diaryl/α,β-unsaturated/α-hetero) is 1. The number of aromatic nitrogens is 2. The van der Waals surface area contributed by atoms with Crippen LogP contribution in [-0.2, 0) is 17.9 Å². The van der Waals surface area contributed by atoms with Gasteiger partial charge in [0.1, 0.15) is 0 Å². The van der Waals surface area contributed by atoms with Crippen LogP contribution >= 0.6 is 0 Å². The van der Waals surface area contributed by atoms with E-state index in [0.717, 1.165) is 29.6 Å². The molecule has 39 heavy (non-hydrogen) atoms. The van der Waals surface area contributed by atoms with Gasteiger partial charge in [0.05, 0.1) is 18.5 Å². The fourth-order valence-electron chi connectivity index (χ4n) is 5.04. The number of benzene rings is 1. The van der Waals surface area contributed by atoms with Crippen LogP contribution in [0.2, 0.25) is 0 Å². The van der Waals surface area contributed by atoms with Gasteiger partial charge < -0.3 is 20.0 Å². The van der Waals surface area contributed by atoms with E-state index in [4.69, 9.17) is 4.42 Å². The van der Waals surface area contributed by atoms with Crippen molar-refractivity contribution in [3.63, 3.8) is 0 Å². The standard InChI is InChI=1S/C29H43N5O5/c1-18(2)14-24(25(35)28-32-34(16-19(3)4)29(38)39-28)31-27(37)22-12-7-8-13-23(22)30-26(36)21-11-9-10-20(15-21)17-33(5)6/h9-11,15,18-19,22-24H,7-8,12-14,16-17H2,1-6H3,(H,30,36)(H,31,37)/t22-,23+,24?/m1/s1. The molecule has 1 saturated carbocycles. The van der Waals surface area contributed by atoms with E-state index in [1.165, 1.54) is 0 Å². The minimum Gasteiger partial charge on any atom is -0.384 e. The van der Waals surface area contributed by atoms with Crippen molar-refractivity contribution >= 4 is 17.6 Å². The zero-order valence-electron chi connectivity index (χ0n) is 24.0. The quantitative estimate of drug-likeness (QED) is 0.395. The molecule has 1 aliphatic carbocycles. The third-order valence-electron chi connectivity index (χ3n) is 6.80. The molecule has 2 amide bonds. The minimum atomic E-state index is -0.885. The van der Waals surface area contributed by atoms with E-state index in [2.05, 4.69) is 15.7 Å². The molecule has 1 aromatic heterocycles. The molecule has 0 spiro atoms. The molecule has 0 saturated heterocycles. The Morgan fingerprint density at radius 2 is 1.82 bits per heavy atom. The Balaban J connectivity index is 1.74. The molecule has 3 rings (SSSR count). The van der Waals surface area contributed by atoms with Crippen LogP contribution in [0.4, 0.5) is 0 Å². The van der Waals surface area contributed by atoms with Gasteiger partial charge in [0, 0.05) is 18.2 Å². The lowest BCUT2D eigenvalue weighted by molar-refractivity contribution is -0.127. The summed E-state index contributed by atoms with van der Waals surface area (Å²) in [5, 5.41) is 10.1. The Kier molecular flexibility index (Phi) is 10.6. The first-order valence-corrected chi connectivity index (χ1v) is 13.9.